The molecule has 2 amide bonds. The highest BCUT2D eigenvalue weighted by molar-refractivity contribution is 7.89. The fourth-order valence-corrected chi connectivity index (χ4v) is 4.71. The maximum Gasteiger partial charge on any atom is 0.270 e. The maximum absolute atomic E-state index is 12.7. The molecule has 31 heavy (non-hydrogen) atoms. The highest BCUT2D eigenvalue weighted by Crippen LogP contribution is 2.18. The van der Waals surface area contributed by atoms with E-state index in [1.165, 1.54) is 46.5 Å². The van der Waals surface area contributed by atoms with Crippen molar-refractivity contribution in [1.29, 1.82) is 0 Å². The van der Waals surface area contributed by atoms with Crippen LogP contribution < -0.4 is 5.32 Å². The van der Waals surface area contributed by atoms with Crippen molar-refractivity contribution >= 4 is 27.5 Å². The van der Waals surface area contributed by atoms with Gasteiger partial charge in [-0.05, 0) is 25.1 Å². The second-order valence-corrected chi connectivity index (χ2v) is 8.98. The van der Waals surface area contributed by atoms with Crippen molar-refractivity contribution in [2.75, 3.05) is 26.2 Å². The van der Waals surface area contributed by atoms with Gasteiger partial charge >= 0.3 is 0 Å². The number of sulfonamides is 1. The zero-order valence-corrected chi connectivity index (χ0v) is 17.6. The summed E-state index contributed by atoms with van der Waals surface area (Å²) in [6, 6.07) is 12.4. The lowest BCUT2D eigenvalue weighted by Crippen LogP contribution is -2.55. The van der Waals surface area contributed by atoms with Gasteiger partial charge in [0.15, 0.2) is 0 Å². The van der Waals surface area contributed by atoms with Gasteiger partial charge in [0, 0.05) is 43.9 Å². The van der Waals surface area contributed by atoms with E-state index in [1.54, 1.807) is 18.2 Å². The Bertz CT molecular complexity index is 1080. The molecule has 1 aliphatic rings. The fourth-order valence-electron chi connectivity index (χ4n) is 3.27. The summed E-state index contributed by atoms with van der Waals surface area (Å²) in [5.74, 6) is -0.953. The number of nitro benzene ring substituents is 1. The number of nitrogens with one attached hydrogen (secondary N) is 1. The highest BCUT2D eigenvalue weighted by Gasteiger charge is 2.31. The monoisotopic (exact) mass is 446 g/mol. The molecule has 164 valence electrons. The van der Waals surface area contributed by atoms with E-state index in [0.29, 0.717) is 0 Å². The lowest BCUT2D eigenvalue weighted by molar-refractivity contribution is -0.384. The Morgan fingerprint density at radius 2 is 1.68 bits per heavy atom. The van der Waals surface area contributed by atoms with Gasteiger partial charge in [-0.1, -0.05) is 24.3 Å². The first-order valence-electron chi connectivity index (χ1n) is 9.59. The van der Waals surface area contributed by atoms with Gasteiger partial charge in [-0.25, -0.2) is 8.42 Å². The minimum Gasteiger partial charge on any atom is -0.341 e. The van der Waals surface area contributed by atoms with Gasteiger partial charge in [0.05, 0.1) is 9.82 Å². The number of nitro groups is 1. The molecule has 3 rings (SSSR count). The first kappa shape index (κ1) is 22.4. The predicted octanol–water partition coefficient (Wildman–Crippen LogP) is 1.25. The zero-order valence-electron chi connectivity index (χ0n) is 16.8. The maximum atomic E-state index is 12.7. The number of hydrogen-bond acceptors (Lipinski definition) is 6. The summed E-state index contributed by atoms with van der Waals surface area (Å²) in [6.45, 7) is 2.21. The van der Waals surface area contributed by atoms with E-state index in [-0.39, 0.29) is 48.2 Å². The molecule has 0 spiro atoms. The predicted molar refractivity (Wildman–Crippen MR) is 112 cm³/mol. The van der Waals surface area contributed by atoms with Crippen molar-refractivity contribution < 1.29 is 22.9 Å². The SMILES string of the molecule is CC(NC(=O)c1cccc([N+](=O)[O-])c1)C(=O)N1CCN(S(=O)(=O)c2ccccc2)CC1. The molecule has 1 unspecified atom stereocenters. The second-order valence-electron chi connectivity index (χ2n) is 7.05. The van der Waals surface area contributed by atoms with Crippen molar-refractivity contribution in [3.8, 4) is 0 Å². The Morgan fingerprint density at radius 3 is 2.29 bits per heavy atom. The number of benzene rings is 2. The van der Waals surface area contributed by atoms with Crippen LogP contribution in [0, 0.1) is 10.1 Å². The fraction of sp³-hybridized carbons (Fsp3) is 0.300. The Kier molecular flexibility index (Phi) is 6.66. The summed E-state index contributed by atoms with van der Waals surface area (Å²) in [6.07, 6.45) is 0. The van der Waals surface area contributed by atoms with E-state index >= 15 is 0 Å². The third-order valence-electron chi connectivity index (χ3n) is 4.97. The lowest BCUT2D eigenvalue weighted by Gasteiger charge is -2.35. The summed E-state index contributed by atoms with van der Waals surface area (Å²) in [7, 11) is -3.63. The number of carbonyl (C=O) groups excluding carboxylic acids is 2. The average molecular weight is 446 g/mol. The summed E-state index contributed by atoms with van der Waals surface area (Å²) in [4.78, 5) is 37.0. The van der Waals surface area contributed by atoms with E-state index < -0.39 is 26.9 Å². The summed E-state index contributed by atoms with van der Waals surface area (Å²) in [5.41, 5.74) is -0.144. The topological polar surface area (TPSA) is 130 Å². The first-order valence-corrected chi connectivity index (χ1v) is 11.0. The molecule has 1 fully saturated rings. The minimum absolute atomic E-state index is 0.0765. The minimum atomic E-state index is -3.63. The number of carbonyl (C=O) groups is 2. The van der Waals surface area contributed by atoms with E-state index in [2.05, 4.69) is 5.32 Å². The number of piperazine rings is 1. The average Bonchev–Trinajstić information content (AvgIpc) is 2.79. The quantitative estimate of drug-likeness (QED) is 0.525. The Balaban J connectivity index is 1.58. The molecule has 1 heterocycles. The molecule has 1 atom stereocenters. The van der Waals surface area contributed by atoms with Crippen LogP contribution in [0.3, 0.4) is 0 Å². The van der Waals surface area contributed by atoms with Crippen LogP contribution in [0.5, 0.6) is 0 Å². The molecule has 0 aromatic heterocycles. The van der Waals surface area contributed by atoms with Crippen molar-refractivity contribution in [3.63, 3.8) is 0 Å². The molecule has 0 aliphatic carbocycles. The molecule has 0 saturated carbocycles. The van der Waals surface area contributed by atoms with Gasteiger partial charge in [-0.15, -0.1) is 0 Å². The molecule has 1 N–H and O–H groups in total. The molecule has 1 aliphatic heterocycles. The number of nitrogens with zero attached hydrogens (tertiary/aromatic N) is 3. The van der Waals surface area contributed by atoms with E-state index in [9.17, 15) is 28.1 Å². The Labute approximate surface area is 179 Å². The smallest absolute Gasteiger partial charge is 0.270 e. The molecular formula is C20H22N4O6S. The number of rotatable bonds is 6. The third kappa shape index (κ3) is 5.06. The van der Waals surface area contributed by atoms with Crippen LogP contribution in [0.4, 0.5) is 5.69 Å². The van der Waals surface area contributed by atoms with Gasteiger partial charge in [-0.3, -0.25) is 19.7 Å². The van der Waals surface area contributed by atoms with Crippen LogP contribution in [0.1, 0.15) is 17.3 Å². The normalized spacial score (nSPS) is 15.8. The van der Waals surface area contributed by atoms with E-state index in [0.717, 1.165) is 6.07 Å². The molecule has 11 heteroatoms. The van der Waals surface area contributed by atoms with Gasteiger partial charge < -0.3 is 10.2 Å². The number of amides is 2. The Hall–Kier alpha value is -3.31. The van der Waals surface area contributed by atoms with Gasteiger partial charge in [0.2, 0.25) is 15.9 Å². The molecule has 1 saturated heterocycles. The lowest BCUT2D eigenvalue weighted by atomic mass is 10.1. The molecule has 2 aromatic rings. The standard InChI is InChI=1S/C20H22N4O6S/c1-15(21-19(25)16-6-5-7-17(14-16)24(27)28)20(26)22-10-12-23(13-11-22)31(29,30)18-8-3-2-4-9-18/h2-9,14-15H,10-13H2,1H3,(H,21,25). The van der Waals surface area contributed by atoms with Crippen LogP contribution >= 0.6 is 0 Å². The van der Waals surface area contributed by atoms with Gasteiger partial charge in [-0.2, -0.15) is 4.31 Å². The van der Waals surface area contributed by atoms with Crippen molar-refractivity contribution in [1.82, 2.24) is 14.5 Å². The van der Waals surface area contributed by atoms with Crippen LogP contribution in [-0.2, 0) is 14.8 Å². The van der Waals surface area contributed by atoms with Crippen LogP contribution in [0.15, 0.2) is 59.5 Å². The summed E-state index contributed by atoms with van der Waals surface area (Å²) < 4.78 is 26.7. The highest BCUT2D eigenvalue weighted by atomic mass is 32.2. The first-order chi connectivity index (χ1) is 14.7. The van der Waals surface area contributed by atoms with Crippen LogP contribution in [0.2, 0.25) is 0 Å². The van der Waals surface area contributed by atoms with E-state index in [4.69, 9.17) is 0 Å². The molecule has 10 nitrogen and oxygen atoms in total. The molecular weight excluding hydrogens is 424 g/mol. The number of non-ortho nitro benzene ring substituents is 1. The number of hydrogen-bond donors (Lipinski definition) is 1. The van der Waals surface area contributed by atoms with Crippen molar-refractivity contribution in [2.24, 2.45) is 0 Å². The summed E-state index contributed by atoms with van der Waals surface area (Å²) >= 11 is 0. The molecule has 0 bridgehead atoms. The second kappa shape index (κ2) is 9.23. The van der Waals surface area contributed by atoms with Crippen LogP contribution in [0.25, 0.3) is 0 Å². The zero-order chi connectivity index (χ0) is 22.6. The molecule has 2 aromatic carbocycles. The van der Waals surface area contributed by atoms with E-state index in [1.807, 2.05) is 0 Å². The molecule has 0 radical (unpaired) electrons. The Morgan fingerprint density at radius 1 is 1.03 bits per heavy atom. The third-order valence-corrected chi connectivity index (χ3v) is 6.88. The van der Waals surface area contributed by atoms with Crippen LogP contribution in [-0.4, -0.2) is 66.6 Å². The van der Waals surface area contributed by atoms with Gasteiger partial charge in [0.1, 0.15) is 6.04 Å². The van der Waals surface area contributed by atoms with Gasteiger partial charge in [0.25, 0.3) is 11.6 Å². The largest absolute Gasteiger partial charge is 0.341 e. The summed E-state index contributed by atoms with van der Waals surface area (Å²) in [5, 5.41) is 13.4. The van der Waals surface area contributed by atoms with Crippen molar-refractivity contribution in [3.05, 3.63) is 70.3 Å². The van der Waals surface area contributed by atoms with Crippen molar-refractivity contribution in [2.45, 2.75) is 17.9 Å².